The van der Waals surface area contributed by atoms with E-state index in [0.717, 1.165) is 13.1 Å². The highest BCUT2D eigenvalue weighted by Gasteiger charge is 2.18. The van der Waals surface area contributed by atoms with Crippen molar-refractivity contribution >= 4 is 17.8 Å². The molecule has 1 fully saturated rings. The first kappa shape index (κ1) is 13.8. The van der Waals surface area contributed by atoms with E-state index in [4.69, 9.17) is 5.84 Å². The normalized spacial score (nSPS) is 16.8. The molecule has 1 unspecified atom stereocenters. The van der Waals surface area contributed by atoms with Gasteiger partial charge in [-0.3, -0.25) is 5.43 Å². The van der Waals surface area contributed by atoms with Crippen LogP contribution < -0.4 is 21.5 Å². The number of aromatic nitrogens is 3. The summed E-state index contributed by atoms with van der Waals surface area (Å²) in [5.74, 6) is 7.60. The summed E-state index contributed by atoms with van der Waals surface area (Å²) in [4.78, 5) is 15.2. The minimum Gasteiger partial charge on any atom is -0.351 e. The molecule has 7 nitrogen and oxygen atoms in total. The number of hydrogen-bond donors (Lipinski definition) is 3. The Morgan fingerprint density at radius 3 is 2.26 bits per heavy atom. The lowest BCUT2D eigenvalue weighted by Gasteiger charge is -2.20. The SMILES string of the molecule is CC(C)C(C)Nc1nc(NN)nc(N2CCCC2)n1. The molecule has 1 aromatic rings. The van der Waals surface area contributed by atoms with Crippen molar-refractivity contribution in [3.05, 3.63) is 0 Å². The van der Waals surface area contributed by atoms with Crippen molar-refractivity contribution in [1.82, 2.24) is 15.0 Å². The number of anilines is 3. The largest absolute Gasteiger partial charge is 0.351 e. The topological polar surface area (TPSA) is 92.0 Å². The fourth-order valence-corrected chi connectivity index (χ4v) is 1.92. The predicted molar refractivity (Wildman–Crippen MR) is 77.0 cm³/mol. The van der Waals surface area contributed by atoms with Gasteiger partial charge in [0.05, 0.1) is 0 Å². The highest BCUT2D eigenvalue weighted by molar-refractivity contribution is 5.44. The van der Waals surface area contributed by atoms with Gasteiger partial charge in [0, 0.05) is 19.1 Å². The molecule has 0 spiro atoms. The van der Waals surface area contributed by atoms with Crippen LogP contribution in [-0.4, -0.2) is 34.1 Å². The van der Waals surface area contributed by atoms with Gasteiger partial charge in [-0.05, 0) is 25.7 Å². The van der Waals surface area contributed by atoms with Gasteiger partial charge in [-0.25, -0.2) is 5.84 Å². The fraction of sp³-hybridized carbons (Fsp3) is 0.750. The van der Waals surface area contributed by atoms with E-state index in [1.807, 2.05) is 0 Å². The molecule has 7 heteroatoms. The van der Waals surface area contributed by atoms with E-state index in [1.165, 1.54) is 12.8 Å². The van der Waals surface area contributed by atoms with Gasteiger partial charge >= 0.3 is 0 Å². The van der Waals surface area contributed by atoms with E-state index < -0.39 is 0 Å². The summed E-state index contributed by atoms with van der Waals surface area (Å²) in [7, 11) is 0. The Morgan fingerprint density at radius 1 is 1.05 bits per heavy atom. The molecule has 19 heavy (non-hydrogen) atoms. The maximum Gasteiger partial charge on any atom is 0.243 e. The second-order valence-electron chi connectivity index (χ2n) is 5.30. The van der Waals surface area contributed by atoms with E-state index in [2.05, 4.69) is 51.4 Å². The summed E-state index contributed by atoms with van der Waals surface area (Å²) in [5.41, 5.74) is 2.50. The monoisotopic (exact) mass is 265 g/mol. The van der Waals surface area contributed by atoms with Crippen LogP contribution in [0.25, 0.3) is 0 Å². The maximum absolute atomic E-state index is 5.43. The number of rotatable bonds is 5. The molecule has 0 aliphatic carbocycles. The van der Waals surface area contributed by atoms with Crippen molar-refractivity contribution < 1.29 is 0 Å². The van der Waals surface area contributed by atoms with Gasteiger partial charge in [-0.2, -0.15) is 15.0 Å². The van der Waals surface area contributed by atoms with Crippen LogP contribution in [0.1, 0.15) is 33.6 Å². The maximum atomic E-state index is 5.43. The Hall–Kier alpha value is -1.63. The molecule has 106 valence electrons. The molecule has 2 rings (SSSR count). The van der Waals surface area contributed by atoms with Crippen molar-refractivity contribution in [3.8, 4) is 0 Å². The van der Waals surface area contributed by atoms with Gasteiger partial charge in [0.15, 0.2) is 0 Å². The molecule has 2 heterocycles. The van der Waals surface area contributed by atoms with Gasteiger partial charge in [-0.1, -0.05) is 13.8 Å². The van der Waals surface area contributed by atoms with Crippen LogP contribution in [-0.2, 0) is 0 Å². The van der Waals surface area contributed by atoms with Gasteiger partial charge in [0.25, 0.3) is 0 Å². The molecule has 1 aliphatic rings. The summed E-state index contributed by atoms with van der Waals surface area (Å²) < 4.78 is 0. The predicted octanol–water partition coefficient (Wildman–Crippen LogP) is 1.21. The Balaban J connectivity index is 2.20. The van der Waals surface area contributed by atoms with Crippen LogP contribution in [0, 0.1) is 5.92 Å². The average Bonchev–Trinajstić information content (AvgIpc) is 2.92. The number of nitrogen functional groups attached to an aromatic ring is 1. The molecule has 1 saturated heterocycles. The first-order valence-electron chi connectivity index (χ1n) is 6.84. The van der Waals surface area contributed by atoms with Crippen molar-refractivity contribution in [2.24, 2.45) is 11.8 Å². The van der Waals surface area contributed by atoms with Gasteiger partial charge in [0.2, 0.25) is 17.8 Å². The molecular weight excluding hydrogens is 242 g/mol. The first-order valence-corrected chi connectivity index (χ1v) is 6.84. The molecule has 0 bridgehead atoms. The number of hydrazine groups is 1. The summed E-state index contributed by atoms with van der Waals surface area (Å²) >= 11 is 0. The van der Waals surface area contributed by atoms with Gasteiger partial charge in [-0.15, -0.1) is 0 Å². The third-order valence-corrected chi connectivity index (χ3v) is 3.50. The third kappa shape index (κ3) is 3.44. The second kappa shape index (κ2) is 6.01. The Bertz CT molecular complexity index is 415. The molecule has 0 radical (unpaired) electrons. The molecule has 0 aromatic carbocycles. The van der Waals surface area contributed by atoms with Gasteiger partial charge in [0.1, 0.15) is 0 Å². The highest BCUT2D eigenvalue weighted by atomic mass is 15.4. The molecular formula is C12H23N7. The third-order valence-electron chi connectivity index (χ3n) is 3.50. The molecule has 1 aromatic heterocycles. The molecule has 1 aliphatic heterocycles. The lowest BCUT2D eigenvalue weighted by atomic mass is 10.1. The number of nitrogens with one attached hydrogen (secondary N) is 2. The van der Waals surface area contributed by atoms with Crippen LogP contribution in [0.3, 0.4) is 0 Å². The van der Waals surface area contributed by atoms with E-state index in [1.54, 1.807) is 0 Å². The highest BCUT2D eigenvalue weighted by Crippen LogP contribution is 2.19. The molecule has 0 amide bonds. The van der Waals surface area contributed by atoms with Crippen LogP contribution in [0.2, 0.25) is 0 Å². The zero-order valence-electron chi connectivity index (χ0n) is 11.8. The zero-order chi connectivity index (χ0) is 13.8. The standard InChI is InChI=1S/C12H23N7/c1-8(2)9(3)14-10-15-11(18-13)17-12(16-10)19-6-4-5-7-19/h8-9H,4-7,13H2,1-3H3,(H2,14,15,16,17,18). The van der Waals surface area contributed by atoms with E-state index >= 15 is 0 Å². The van der Waals surface area contributed by atoms with Crippen molar-refractivity contribution in [3.63, 3.8) is 0 Å². The lowest BCUT2D eigenvalue weighted by molar-refractivity contribution is 0.556. The average molecular weight is 265 g/mol. The first-order chi connectivity index (χ1) is 9.10. The number of nitrogens with zero attached hydrogens (tertiary/aromatic N) is 4. The molecule has 4 N–H and O–H groups in total. The fourth-order valence-electron chi connectivity index (χ4n) is 1.92. The summed E-state index contributed by atoms with van der Waals surface area (Å²) in [6, 6.07) is 0.291. The Morgan fingerprint density at radius 2 is 1.68 bits per heavy atom. The van der Waals surface area contributed by atoms with Crippen molar-refractivity contribution in [2.45, 2.75) is 39.7 Å². The second-order valence-corrected chi connectivity index (χ2v) is 5.30. The molecule has 0 saturated carbocycles. The smallest absolute Gasteiger partial charge is 0.243 e. The Kier molecular flexibility index (Phi) is 4.36. The van der Waals surface area contributed by atoms with Gasteiger partial charge < -0.3 is 10.2 Å². The summed E-state index contributed by atoms with van der Waals surface area (Å²) in [6.07, 6.45) is 2.37. The van der Waals surface area contributed by atoms with Crippen molar-refractivity contribution in [1.29, 1.82) is 0 Å². The lowest BCUT2D eigenvalue weighted by Crippen LogP contribution is -2.26. The molecule has 1 atom stereocenters. The van der Waals surface area contributed by atoms with Crippen LogP contribution in [0.5, 0.6) is 0 Å². The summed E-state index contributed by atoms with van der Waals surface area (Å²) in [6.45, 7) is 8.41. The van der Waals surface area contributed by atoms with Crippen LogP contribution in [0.4, 0.5) is 17.8 Å². The van der Waals surface area contributed by atoms with E-state index in [9.17, 15) is 0 Å². The van der Waals surface area contributed by atoms with Crippen LogP contribution in [0.15, 0.2) is 0 Å². The Labute approximate surface area is 114 Å². The number of nitrogens with two attached hydrogens (primary N) is 1. The quantitative estimate of drug-likeness (QED) is 0.544. The summed E-state index contributed by atoms with van der Waals surface area (Å²) in [5, 5.41) is 3.30. The number of hydrogen-bond acceptors (Lipinski definition) is 7. The minimum atomic E-state index is 0.291. The van der Waals surface area contributed by atoms with Crippen molar-refractivity contribution in [2.75, 3.05) is 28.7 Å². The van der Waals surface area contributed by atoms with Crippen LogP contribution >= 0.6 is 0 Å². The van der Waals surface area contributed by atoms with E-state index in [0.29, 0.717) is 29.8 Å². The minimum absolute atomic E-state index is 0.291. The zero-order valence-corrected chi connectivity index (χ0v) is 11.8. The van der Waals surface area contributed by atoms with E-state index in [-0.39, 0.29) is 0 Å².